The topological polar surface area (TPSA) is 136 Å². The molecule has 0 radical (unpaired) electrons. The molecule has 9 nitrogen and oxygen atoms in total. The first-order valence-electron chi connectivity index (χ1n) is 11.1. The Morgan fingerprint density at radius 3 is 2.62 bits per heavy atom. The van der Waals surface area contributed by atoms with Crippen LogP contribution in [-0.4, -0.2) is 41.6 Å². The van der Waals surface area contributed by atoms with Gasteiger partial charge >= 0.3 is 0 Å². The van der Waals surface area contributed by atoms with E-state index in [2.05, 4.69) is 15.6 Å². The van der Waals surface area contributed by atoms with Crippen molar-refractivity contribution in [1.29, 1.82) is 0 Å². The number of nitrogens with zero attached hydrogens (tertiary/aromatic N) is 2. The molecule has 2 amide bonds. The summed E-state index contributed by atoms with van der Waals surface area (Å²) >= 11 is 0. The van der Waals surface area contributed by atoms with Crippen LogP contribution in [0.15, 0.2) is 67.1 Å². The molecule has 0 atom stereocenters. The standard InChI is InChI=1S/C25H30N6O3/c1-2-15-34-16-13-29-25(33)23-22(8-5-12-28-23)30-24(32)21-10-9-18(17-31(27)14-11-26)19-6-3-4-7-20(19)21/h3-12,14H,2,13,15-17,26-27H2,1H3,(H,29,33)(H,30,32)/b14-11-. The van der Waals surface area contributed by atoms with E-state index in [1.807, 2.05) is 37.3 Å². The molecule has 9 heteroatoms. The number of fused-ring (bicyclic) bond motifs is 1. The minimum Gasteiger partial charge on any atom is -0.403 e. The fraction of sp³-hybridized carbons (Fsp3) is 0.240. The number of ether oxygens (including phenoxy) is 1. The zero-order chi connectivity index (χ0) is 24.3. The van der Waals surface area contributed by atoms with E-state index >= 15 is 0 Å². The molecule has 6 N–H and O–H groups in total. The molecule has 178 valence electrons. The molecule has 0 spiro atoms. The fourth-order valence-electron chi connectivity index (χ4n) is 3.50. The van der Waals surface area contributed by atoms with Crippen molar-refractivity contribution in [2.75, 3.05) is 25.1 Å². The summed E-state index contributed by atoms with van der Waals surface area (Å²) in [6, 6.07) is 14.5. The summed E-state index contributed by atoms with van der Waals surface area (Å²) in [6.45, 7) is 3.84. The molecule has 0 unspecified atom stereocenters. The van der Waals surface area contributed by atoms with Gasteiger partial charge in [0.1, 0.15) is 0 Å². The molecule has 0 fully saturated rings. The van der Waals surface area contributed by atoms with E-state index in [0.717, 1.165) is 22.8 Å². The Morgan fingerprint density at radius 2 is 1.85 bits per heavy atom. The van der Waals surface area contributed by atoms with E-state index in [1.54, 1.807) is 24.4 Å². The Balaban J connectivity index is 1.80. The number of aromatic nitrogens is 1. The molecule has 0 aliphatic heterocycles. The zero-order valence-electron chi connectivity index (χ0n) is 19.2. The molecule has 1 heterocycles. The molecule has 1 aromatic heterocycles. The van der Waals surface area contributed by atoms with Crippen LogP contribution in [0.1, 0.15) is 39.8 Å². The molecular weight excluding hydrogens is 432 g/mol. The van der Waals surface area contributed by atoms with Gasteiger partial charge in [-0.3, -0.25) is 9.59 Å². The van der Waals surface area contributed by atoms with Crippen molar-refractivity contribution >= 4 is 28.3 Å². The summed E-state index contributed by atoms with van der Waals surface area (Å²) in [7, 11) is 0. The average molecular weight is 463 g/mol. The van der Waals surface area contributed by atoms with Crippen LogP contribution in [0.25, 0.3) is 10.8 Å². The van der Waals surface area contributed by atoms with E-state index in [-0.39, 0.29) is 17.5 Å². The van der Waals surface area contributed by atoms with Crippen molar-refractivity contribution in [3.8, 4) is 0 Å². The number of pyridine rings is 1. The van der Waals surface area contributed by atoms with Gasteiger partial charge < -0.3 is 26.1 Å². The van der Waals surface area contributed by atoms with Crippen molar-refractivity contribution < 1.29 is 14.3 Å². The molecule has 34 heavy (non-hydrogen) atoms. The number of benzene rings is 2. The normalized spacial score (nSPS) is 11.0. The van der Waals surface area contributed by atoms with Gasteiger partial charge in [0.25, 0.3) is 11.8 Å². The summed E-state index contributed by atoms with van der Waals surface area (Å²) in [4.78, 5) is 30.0. The fourth-order valence-corrected chi connectivity index (χ4v) is 3.50. The number of carbonyl (C=O) groups excluding carboxylic acids is 2. The quantitative estimate of drug-likeness (QED) is 0.195. The van der Waals surface area contributed by atoms with Crippen LogP contribution >= 0.6 is 0 Å². The van der Waals surface area contributed by atoms with E-state index < -0.39 is 0 Å². The highest BCUT2D eigenvalue weighted by Crippen LogP contribution is 2.25. The van der Waals surface area contributed by atoms with Crippen LogP contribution < -0.4 is 22.2 Å². The number of amides is 2. The lowest BCUT2D eigenvalue weighted by Crippen LogP contribution is -2.29. The van der Waals surface area contributed by atoms with Crippen LogP contribution in [0, 0.1) is 0 Å². The molecule has 2 aromatic carbocycles. The first-order valence-corrected chi connectivity index (χ1v) is 11.1. The summed E-state index contributed by atoms with van der Waals surface area (Å²) in [5.74, 6) is 5.22. The molecule has 0 saturated carbocycles. The largest absolute Gasteiger partial charge is 0.403 e. The van der Waals surface area contributed by atoms with E-state index in [1.165, 1.54) is 17.4 Å². The molecule has 3 aromatic rings. The van der Waals surface area contributed by atoms with Gasteiger partial charge in [-0.2, -0.15) is 0 Å². The van der Waals surface area contributed by atoms with Crippen molar-refractivity contribution in [3.63, 3.8) is 0 Å². The third kappa shape index (κ3) is 6.31. The monoisotopic (exact) mass is 462 g/mol. The molecule has 0 bridgehead atoms. The van der Waals surface area contributed by atoms with Crippen molar-refractivity contribution in [3.05, 3.63) is 83.9 Å². The Labute approximate surface area is 198 Å². The number of carbonyl (C=O) groups is 2. The van der Waals surface area contributed by atoms with Crippen molar-refractivity contribution in [2.24, 2.45) is 11.6 Å². The SMILES string of the molecule is CCCOCCNC(=O)c1ncccc1NC(=O)c1ccc(CN(N)/C=C\N)c2ccccc12. The minimum atomic E-state index is -0.382. The second kappa shape index (κ2) is 12.3. The van der Waals surface area contributed by atoms with Crippen molar-refractivity contribution in [2.45, 2.75) is 19.9 Å². The zero-order valence-corrected chi connectivity index (χ0v) is 19.2. The van der Waals surface area contributed by atoms with Crippen LogP contribution in [-0.2, 0) is 11.3 Å². The predicted octanol–water partition coefficient (Wildman–Crippen LogP) is 2.75. The molecule has 0 aliphatic carbocycles. The van der Waals surface area contributed by atoms with Gasteiger partial charge in [-0.05, 0) is 41.0 Å². The lowest BCUT2D eigenvalue weighted by molar-refractivity contribution is 0.0911. The second-order valence-electron chi connectivity index (χ2n) is 7.55. The summed E-state index contributed by atoms with van der Waals surface area (Å²) in [5, 5.41) is 8.74. The third-order valence-electron chi connectivity index (χ3n) is 5.04. The molecular formula is C25H30N6O3. The van der Waals surface area contributed by atoms with Gasteiger partial charge in [0.15, 0.2) is 5.69 Å². The number of nitrogens with two attached hydrogens (primary N) is 2. The highest BCUT2D eigenvalue weighted by atomic mass is 16.5. The predicted molar refractivity (Wildman–Crippen MR) is 133 cm³/mol. The maximum Gasteiger partial charge on any atom is 0.272 e. The lowest BCUT2D eigenvalue weighted by atomic mass is 9.98. The number of nitrogens with one attached hydrogen (secondary N) is 2. The number of anilines is 1. The Morgan fingerprint density at radius 1 is 1.06 bits per heavy atom. The number of hydrazine groups is 1. The number of rotatable bonds is 11. The van der Waals surface area contributed by atoms with Crippen LogP contribution in [0.5, 0.6) is 0 Å². The second-order valence-corrected chi connectivity index (χ2v) is 7.55. The Kier molecular flexibility index (Phi) is 8.96. The van der Waals surface area contributed by atoms with Gasteiger partial charge in [-0.25, -0.2) is 10.8 Å². The average Bonchev–Trinajstić information content (AvgIpc) is 2.84. The van der Waals surface area contributed by atoms with E-state index in [9.17, 15) is 9.59 Å². The summed E-state index contributed by atoms with van der Waals surface area (Å²) in [5.41, 5.74) is 7.30. The van der Waals surface area contributed by atoms with E-state index in [4.69, 9.17) is 16.3 Å². The van der Waals surface area contributed by atoms with Gasteiger partial charge in [0.2, 0.25) is 0 Å². The maximum atomic E-state index is 13.2. The van der Waals surface area contributed by atoms with Crippen molar-refractivity contribution in [1.82, 2.24) is 15.3 Å². The third-order valence-corrected chi connectivity index (χ3v) is 5.04. The minimum absolute atomic E-state index is 0.139. The highest BCUT2D eigenvalue weighted by Gasteiger charge is 2.18. The summed E-state index contributed by atoms with van der Waals surface area (Å²) < 4.78 is 5.38. The van der Waals surface area contributed by atoms with Gasteiger partial charge in [-0.1, -0.05) is 37.3 Å². The highest BCUT2D eigenvalue weighted by molar-refractivity contribution is 6.15. The van der Waals surface area contributed by atoms with E-state index in [0.29, 0.717) is 37.6 Å². The van der Waals surface area contributed by atoms with Crippen LogP contribution in [0.4, 0.5) is 5.69 Å². The summed E-state index contributed by atoms with van der Waals surface area (Å²) in [6.07, 6.45) is 5.36. The van der Waals surface area contributed by atoms with Gasteiger partial charge in [0, 0.05) is 37.3 Å². The first-order chi connectivity index (χ1) is 16.5. The molecule has 0 aliphatic rings. The Bertz CT molecular complexity index is 1160. The molecule has 3 rings (SSSR count). The molecule has 0 saturated heterocycles. The van der Waals surface area contributed by atoms with Gasteiger partial charge in [-0.15, -0.1) is 0 Å². The number of hydrogen-bond acceptors (Lipinski definition) is 7. The first kappa shape index (κ1) is 24.7. The van der Waals surface area contributed by atoms with Gasteiger partial charge in [0.05, 0.1) is 18.8 Å². The smallest absolute Gasteiger partial charge is 0.272 e. The maximum absolute atomic E-state index is 13.2. The number of hydrogen-bond donors (Lipinski definition) is 4. The van der Waals surface area contributed by atoms with Crippen LogP contribution in [0.3, 0.4) is 0 Å². The van der Waals surface area contributed by atoms with Crippen LogP contribution in [0.2, 0.25) is 0 Å². The lowest BCUT2D eigenvalue weighted by Gasteiger charge is -2.17. The Hall–Kier alpha value is -3.95.